The molecule has 2 rings (SSSR count). The molecule has 0 spiro atoms. The van der Waals surface area contributed by atoms with Crippen LogP contribution in [0.5, 0.6) is 0 Å². The van der Waals surface area contributed by atoms with Gasteiger partial charge in [0, 0.05) is 12.2 Å². The fraction of sp³-hybridized carbons (Fsp3) is 0.500. The summed E-state index contributed by atoms with van der Waals surface area (Å²) in [6, 6.07) is 1.91. The number of hydrogen-bond acceptors (Lipinski definition) is 2. The maximum atomic E-state index is 11.9. The van der Waals surface area contributed by atoms with Crippen LogP contribution in [0, 0.1) is 5.92 Å². The molecule has 1 atom stereocenters. The highest BCUT2D eigenvalue weighted by molar-refractivity contribution is 6.31. The van der Waals surface area contributed by atoms with Gasteiger partial charge in [-0.25, -0.2) is 9.78 Å². The average Bonchev–Trinajstić information content (AvgIpc) is 2.52. The number of imidazole rings is 1. The lowest BCUT2D eigenvalue weighted by Gasteiger charge is -2.15. The van der Waals surface area contributed by atoms with Crippen LogP contribution < -0.4 is 5.69 Å². The van der Waals surface area contributed by atoms with Crippen LogP contribution in [0.2, 0.25) is 5.02 Å². The van der Waals surface area contributed by atoms with Gasteiger partial charge in [0.2, 0.25) is 0 Å². The SMILES string of the molecule is CC(C)CC(C)n1c(=O)[nH]c2ncc(Cl)cc21. The third-order valence-electron chi connectivity index (χ3n) is 2.79. The molecule has 1 N–H and O–H groups in total. The van der Waals surface area contributed by atoms with Crippen molar-refractivity contribution in [2.24, 2.45) is 5.92 Å². The molecule has 2 aromatic rings. The first-order chi connectivity index (χ1) is 7.99. The van der Waals surface area contributed by atoms with Crippen molar-refractivity contribution >= 4 is 22.8 Å². The van der Waals surface area contributed by atoms with Crippen LogP contribution in [-0.4, -0.2) is 14.5 Å². The van der Waals surface area contributed by atoms with Gasteiger partial charge in [0.25, 0.3) is 0 Å². The first-order valence-electron chi connectivity index (χ1n) is 5.74. The number of halogens is 1. The second-order valence-electron chi connectivity index (χ2n) is 4.80. The standard InChI is InChI=1S/C12H16ClN3O/c1-7(2)4-8(3)16-10-5-9(13)6-14-11(10)15-12(16)17/h5-8H,4H2,1-3H3,(H,14,15,17). The Bertz CT molecular complexity index is 585. The van der Waals surface area contributed by atoms with Crippen molar-refractivity contribution in [1.29, 1.82) is 0 Å². The molecule has 0 aliphatic rings. The lowest BCUT2D eigenvalue weighted by atomic mass is 10.1. The van der Waals surface area contributed by atoms with Gasteiger partial charge >= 0.3 is 5.69 Å². The number of H-pyrrole nitrogens is 1. The number of hydrogen-bond donors (Lipinski definition) is 1. The molecule has 17 heavy (non-hydrogen) atoms. The van der Waals surface area contributed by atoms with Gasteiger partial charge in [0.1, 0.15) is 0 Å². The van der Waals surface area contributed by atoms with Crippen molar-refractivity contribution in [1.82, 2.24) is 14.5 Å². The zero-order valence-electron chi connectivity index (χ0n) is 10.2. The highest BCUT2D eigenvalue weighted by Gasteiger charge is 2.15. The molecule has 0 radical (unpaired) electrons. The number of rotatable bonds is 3. The van der Waals surface area contributed by atoms with E-state index < -0.39 is 0 Å². The van der Waals surface area contributed by atoms with Gasteiger partial charge in [-0.15, -0.1) is 0 Å². The molecule has 0 fully saturated rings. The normalized spacial score (nSPS) is 13.5. The minimum Gasteiger partial charge on any atom is -0.290 e. The Morgan fingerprint density at radius 3 is 2.82 bits per heavy atom. The predicted octanol–water partition coefficient (Wildman–Crippen LogP) is 2.99. The second-order valence-corrected chi connectivity index (χ2v) is 5.24. The molecule has 0 amide bonds. The molecule has 2 heterocycles. The Kier molecular flexibility index (Phi) is 3.24. The molecule has 4 nitrogen and oxygen atoms in total. The van der Waals surface area contributed by atoms with E-state index in [-0.39, 0.29) is 11.7 Å². The Hall–Kier alpha value is -1.29. The molecule has 0 saturated carbocycles. The molecule has 0 aliphatic carbocycles. The van der Waals surface area contributed by atoms with Gasteiger partial charge < -0.3 is 0 Å². The summed E-state index contributed by atoms with van der Waals surface area (Å²) in [6.07, 6.45) is 2.48. The van der Waals surface area contributed by atoms with E-state index in [1.165, 1.54) is 6.20 Å². The summed E-state index contributed by atoms with van der Waals surface area (Å²) >= 11 is 5.92. The van der Waals surface area contributed by atoms with E-state index in [4.69, 9.17) is 11.6 Å². The zero-order valence-corrected chi connectivity index (χ0v) is 11.0. The van der Waals surface area contributed by atoms with Gasteiger partial charge in [-0.1, -0.05) is 25.4 Å². The van der Waals surface area contributed by atoms with Crippen molar-refractivity contribution in [2.75, 3.05) is 0 Å². The van der Waals surface area contributed by atoms with E-state index >= 15 is 0 Å². The number of nitrogens with zero attached hydrogens (tertiary/aromatic N) is 2. The average molecular weight is 254 g/mol. The maximum Gasteiger partial charge on any atom is 0.327 e. The zero-order chi connectivity index (χ0) is 12.6. The van der Waals surface area contributed by atoms with Crippen LogP contribution in [0.15, 0.2) is 17.1 Å². The summed E-state index contributed by atoms with van der Waals surface area (Å²) in [6.45, 7) is 6.32. The number of pyridine rings is 1. The van der Waals surface area contributed by atoms with Crippen LogP contribution in [-0.2, 0) is 0 Å². The maximum absolute atomic E-state index is 11.9. The first-order valence-corrected chi connectivity index (χ1v) is 6.12. The third kappa shape index (κ3) is 2.36. The second kappa shape index (κ2) is 4.53. The highest BCUT2D eigenvalue weighted by atomic mass is 35.5. The summed E-state index contributed by atoms with van der Waals surface area (Å²) in [7, 11) is 0. The van der Waals surface area contributed by atoms with E-state index in [1.807, 2.05) is 6.92 Å². The monoisotopic (exact) mass is 253 g/mol. The van der Waals surface area contributed by atoms with Crippen molar-refractivity contribution in [2.45, 2.75) is 33.2 Å². The molecular formula is C12H16ClN3O. The molecule has 92 valence electrons. The van der Waals surface area contributed by atoms with Crippen molar-refractivity contribution in [3.05, 3.63) is 27.8 Å². The summed E-state index contributed by atoms with van der Waals surface area (Å²) in [4.78, 5) is 18.8. The summed E-state index contributed by atoms with van der Waals surface area (Å²) < 4.78 is 1.73. The molecule has 0 aliphatic heterocycles. The number of nitrogens with one attached hydrogen (secondary N) is 1. The lowest BCUT2D eigenvalue weighted by molar-refractivity contribution is 0.428. The fourth-order valence-corrected chi connectivity index (χ4v) is 2.36. The molecule has 2 aromatic heterocycles. The Morgan fingerprint density at radius 1 is 1.47 bits per heavy atom. The highest BCUT2D eigenvalue weighted by Crippen LogP contribution is 2.21. The number of aromatic nitrogens is 3. The van der Waals surface area contributed by atoms with Gasteiger partial charge in [-0.2, -0.15) is 0 Å². The van der Waals surface area contributed by atoms with Crippen LogP contribution in [0.1, 0.15) is 33.2 Å². The van der Waals surface area contributed by atoms with Crippen LogP contribution in [0.25, 0.3) is 11.2 Å². The van der Waals surface area contributed by atoms with Crippen molar-refractivity contribution < 1.29 is 0 Å². The van der Waals surface area contributed by atoms with E-state index in [0.717, 1.165) is 11.9 Å². The van der Waals surface area contributed by atoms with E-state index in [1.54, 1.807) is 10.6 Å². The summed E-state index contributed by atoms with van der Waals surface area (Å²) in [5.41, 5.74) is 1.24. The van der Waals surface area contributed by atoms with E-state index in [2.05, 4.69) is 23.8 Å². The molecule has 0 bridgehead atoms. The minimum atomic E-state index is -0.122. The van der Waals surface area contributed by atoms with Crippen LogP contribution >= 0.6 is 11.6 Å². The summed E-state index contributed by atoms with van der Waals surface area (Å²) in [5.74, 6) is 0.536. The van der Waals surface area contributed by atoms with Crippen molar-refractivity contribution in [3.8, 4) is 0 Å². The quantitative estimate of drug-likeness (QED) is 0.914. The molecule has 1 unspecified atom stereocenters. The van der Waals surface area contributed by atoms with Gasteiger partial charge in [-0.3, -0.25) is 9.55 Å². The molecule has 0 saturated heterocycles. The minimum absolute atomic E-state index is 0.122. The first kappa shape index (κ1) is 12.2. The van der Waals surface area contributed by atoms with Crippen LogP contribution in [0.3, 0.4) is 0 Å². The lowest BCUT2D eigenvalue weighted by Crippen LogP contribution is -2.21. The van der Waals surface area contributed by atoms with Crippen molar-refractivity contribution in [3.63, 3.8) is 0 Å². The van der Waals surface area contributed by atoms with Gasteiger partial charge in [0.15, 0.2) is 5.65 Å². The largest absolute Gasteiger partial charge is 0.327 e. The Morgan fingerprint density at radius 2 is 2.18 bits per heavy atom. The number of fused-ring (bicyclic) bond motifs is 1. The topological polar surface area (TPSA) is 50.7 Å². The van der Waals surface area contributed by atoms with E-state index in [0.29, 0.717) is 16.6 Å². The van der Waals surface area contributed by atoms with Gasteiger partial charge in [-0.05, 0) is 25.3 Å². The third-order valence-corrected chi connectivity index (χ3v) is 3.00. The van der Waals surface area contributed by atoms with Gasteiger partial charge in [0.05, 0.1) is 10.5 Å². The summed E-state index contributed by atoms with van der Waals surface area (Å²) in [5, 5.41) is 0.544. The fourth-order valence-electron chi connectivity index (χ4n) is 2.20. The number of aromatic amines is 1. The van der Waals surface area contributed by atoms with E-state index in [9.17, 15) is 4.79 Å². The predicted molar refractivity (Wildman–Crippen MR) is 69.5 cm³/mol. The molecule has 5 heteroatoms. The molecule has 0 aromatic carbocycles. The van der Waals surface area contributed by atoms with Crippen LogP contribution in [0.4, 0.5) is 0 Å². The molecular weight excluding hydrogens is 238 g/mol. The Balaban J connectivity index is 2.55. The smallest absolute Gasteiger partial charge is 0.290 e. The Labute approximate surface area is 105 Å².